The van der Waals surface area contributed by atoms with Gasteiger partial charge >= 0.3 is 0 Å². The van der Waals surface area contributed by atoms with Gasteiger partial charge in [-0.15, -0.1) is 0 Å². The molecule has 1 atom stereocenters. The molecule has 7 nitrogen and oxygen atoms in total. The number of hydrogen-bond acceptors (Lipinski definition) is 6. The van der Waals surface area contributed by atoms with Gasteiger partial charge in [-0.1, -0.05) is 32.0 Å². The van der Waals surface area contributed by atoms with Crippen molar-refractivity contribution in [1.29, 1.82) is 5.26 Å². The van der Waals surface area contributed by atoms with Gasteiger partial charge in [0.15, 0.2) is 5.78 Å². The van der Waals surface area contributed by atoms with E-state index in [0.717, 1.165) is 0 Å². The second kappa shape index (κ2) is 7.83. The first-order valence-corrected chi connectivity index (χ1v) is 11.8. The molecule has 4 rings (SSSR count). The van der Waals surface area contributed by atoms with Crippen molar-refractivity contribution >= 4 is 21.5 Å². The Morgan fingerprint density at radius 1 is 1.12 bits per heavy atom. The van der Waals surface area contributed by atoms with E-state index >= 15 is 0 Å². The molecule has 0 unspecified atom stereocenters. The number of carbonyl (C=O) groups is 1. The third-order valence-corrected chi connectivity index (χ3v) is 6.95. The standard InChI is InChI=1S/C24H23FN4O3S/c1-24(2)11-19-22(20(30)12-24)21(16-5-3-4-6-18(16)25)17(13-26)23(27)29(19)14-7-9-15(10-8-14)33(28,31)32/h3-10,21H,11-12,27H2,1-2H3,(H2,28,31,32)/t21-/m0/s1. The molecule has 2 aromatic rings. The van der Waals surface area contributed by atoms with Crippen molar-refractivity contribution < 1.29 is 17.6 Å². The minimum absolute atomic E-state index is 0.0578. The number of allylic oxidation sites excluding steroid dienone is 3. The molecule has 0 saturated heterocycles. The summed E-state index contributed by atoms with van der Waals surface area (Å²) in [5, 5.41) is 15.2. The van der Waals surface area contributed by atoms with Gasteiger partial charge < -0.3 is 5.73 Å². The van der Waals surface area contributed by atoms with E-state index in [1.54, 1.807) is 23.1 Å². The Hall–Kier alpha value is -3.48. The maximum atomic E-state index is 14.8. The Morgan fingerprint density at radius 3 is 2.33 bits per heavy atom. The Kier molecular flexibility index (Phi) is 5.39. The van der Waals surface area contributed by atoms with Gasteiger partial charge in [-0.3, -0.25) is 9.69 Å². The summed E-state index contributed by atoms with van der Waals surface area (Å²) < 4.78 is 38.2. The van der Waals surface area contributed by atoms with Crippen LogP contribution in [0.4, 0.5) is 10.1 Å². The van der Waals surface area contributed by atoms with E-state index in [1.165, 1.54) is 30.3 Å². The van der Waals surface area contributed by atoms with E-state index in [9.17, 15) is 22.9 Å². The lowest BCUT2D eigenvalue weighted by atomic mass is 9.68. The van der Waals surface area contributed by atoms with Gasteiger partial charge in [0.05, 0.1) is 22.5 Å². The Labute approximate surface area is 191 Å². The third kappa shape index (κ3) is 3.92. The molecule has 33 heavy (non-hydrogen) atoms. The maximum absolute atomic E-state index is 14.8. The van der Waals surface area contributed by atoms with E-state index < -0.39 is 21.8 Å². The highest BCUT2D eigenvalue weighted by Gasteiger charge is 2.45. The second-order valence-electron chi connectivity index (χ2n) is 9.04. The number of rotatable bonds is 3. The summed E-state index contributed by atoms with van der Waals surface area (Å²) in [5.41, 5.74) is 7.74. The molecule has 4 N–H and O–H groups in total. The number of Topliss-reactive ketones (excluding diaryl/α,β-unsaturated/α-hetero) is 1. The van der Waals surface area contributed by atoms with Crippen LogP contribution in [-0.2, 0) is 14.8 Å². The lowest BCUT2D eigenvalue weighted by Gasteiger charge is -2.43. The Balaban J connectivity index is 1.98. The number of halogens is 1. The van der Waals surface area contributed by atoms with Crippen molar-refractivity contribution in [2.24, 2.45) is 16.3 Å². The third-order valence-electron chi connectivity index (χ3n) is 6.02. The number of nitriles is 1. The molecule has 0 aromatic heterocycles. The average molecular weight is 467 g/mol. The summed E-state index contributed by atoms with van der Waals surface area (Å²) in [6, 6.07) is 13.8. The first-order chi connectivity index (χ1) is 15.4. The zero-order valence-corrected chi connectivity index (χ0v) is 19.0. The van der Waals surface area contributed by atoms with Crippen LogP contribution in [0.5, 0.6) is 0 Å². The highest BCUT2D eigenvalue weighted by atomic mass is 32.2. The fourth-order valence-corrected chi connectivity index (χ4v) is 5.12. The lowest BCUT2D eigenvalue weighted by Crippen LogP contribution is -2.42. The van der Waals surface area contributed by atoms with Gasteiger partial charge in [0.1, 0.15) is 11.6 Å². The van der Waals surface area contributed by atoms with Crippen molar-refractivity contribution in [3.8, 4) is 6.07 Å². The average Bonchev–Trinajstić information content (AvgIpc) is 2.72. The van der Waals surface area contributed by atoms with E-state index in [-0.39, 0.29) is 39.5 Å². The molecule has 0 fully saturated rings. The highest BCUT2D eigenvalue weighted by Crippen LogP contribution is 2.50. The van der Waals surface area contributed by atoms with Crippen molar-refractivity contribution in [2.45, 2.75) is 37.5 Å². The quantitative estimate of drug-likeness (QED) is 0.713. The maximum Gasteiger partial charge on any atom is 0.238 e. The van der Waals surface area contributed by atoms with Gasteiger partial charge in [0.2, 0.25) is 10.0 Å². The molecular weight excluding hydrogens is 443 g/mol. The number of carbonyl (C=O) groups excluding carboxylic acids is 1. The summed E-state index contributed by atoms with van der Waals surface area (Å²) >= 11 is 0. The molecule has 170 valence electrons. The molecule has 1 aliphatic heterocycles. The van der Waals surface area contributed by atoms with E-state index in [1.807, 2.05) is 13.8 Å². The molecule has 9 heteroatoms. The molecule has 0 radical (unpaired) electrons. The predicted molar refractivity (Wildman–Crippen MR) is 121 cm³/mol. The van der Waals surface area contributed by atoms with Crippen molar-refractivity contribution in [2.75, 3.05) is 4.90 Å². The topological polar surface area (TPSA) is 130 Å². The van der Waals surface area contributed by atoms with Crippen molar-refractivity contribution in [3.63, 3.8) is 0 Å². The van der Waals surface area contributed by atoms with E-state index in [4.69, 9.17) is 10.9 Å². The number of nitrogens with two attached hydrogens (primary N) is 2. The largest absolute Gasteiger partial charge is 0.384 e. The molecule has 0 bridgehead atoms. The van der Waals surface area contributed by atoms with Gasteiger partial charge in [0, 0.05) is 28.9 Å². The van der Waals surface area contributed by atoms with Crippen LogP contribution in [0, 0.1) is 22.6 Å². The first kappa shape index (κ1) is 22.7. The minimum atomic E-state index is -3.90. The van der Waals surface area contributed by atoms with Crippen LogP contribution in [0.1, 0.15) is 38.2 Å². The number of benzene rings is 2. The minimum Gasteiger partial charge on any atom is -0.384 e. The van der Waals surface area contributed by atoms with E-state index in [2.05, 4.69) is 6.07 Å². The van der Waals surface area contributed by atoms with Crippen LogP contribution in [0.3, 0.4) is 0 Å². The number of sulfonamides is 1. The number of nitrogens with zero attached hydrogens (tertiary/aromatic N) is 2. The smallest absolute Gasteiger partial charge is 0.238 e. The predicted octanol–water partition coefficient (Wildman–Crippen LogP) is 3.41. The SMILES string of the molecule is CC1(C)CC(=O)C2=C(C1)N(c1ccc(S(N)(=O)=O)cc1)C(N)=C(C#N)[C@@H]2c1ccccc1F. The summed E-state index contributed by atoms with van der Waals surface area (Å²) in [4.78, 5) is 14.9. The van der Waals surface area contributed by atoms with Gasteiger partial charge in [-0.05, 0) is 42.2 Å². The zero-order chi connectivity index (χ0) is 24.1. The highest BCUT2D eigenvalue weighted by molar-refractivity contribution is 7.89. The lowest BCUT2D eigenvalue weighted by molar-refractivity contribution is -0.118. The second-order valence-corrected chi connectivity index (χ2v) is 10.6. The summed E-state index contributed by atoms with van der Waals surface area (Å²) in [6.07, 6.45) is 0.697. The molecule has 0 amide bonds. The summed E-state index contributed by atoms with van der Waals surface area (Å²) in [7, 11) is -3.90. The summed E-state index contributed by atoms with van der Waals surface area (Å²) in [5.74, 6) is -1.56. The molecule has 1 heterocycles. The van der Waals surface area contributed by atoms with Crippen LogP contribution in [0.2, 0.25) is 0 Å². The number of anilines is 1. The fraction of sp³-hybridized carbons (Fsp3) is 0.250. The van der Waals surface area contributed by atoms with E-state index in [0.29, 0.717) is 23.4 Å². The molecule has 0 saturated carbocycles. The van der Waals surface area contributed by atoms with Gasteiger partial charge in [0.25, 0.3) is 0 Å². The number of ketones is 1. The molecule has 2 aromatic carbocycles. The van der Waals surface area contributed by atoms with Gasteiger partial charge in [-0.25, -0.2) is 17.9 Å². The van der Waals surface area contributed by atoms with Crippen molar-refractivity contribution in [3.05, 3.63) is 82.6 Å². The Morgan fingerprint density at radius 2 is 1.76 bits per heavy atom. The van der Waals surface area contributed by atoms with Crippen LogP contribution in [-0.4, -0.2) is 14.2 Å². The van der Waals surface area contributed by atoms with Gasteiger partial charge in [-0.2, -0.15) is 5.26 Å². The monoisotopic (exact) mass is 466 g/mol. The normalized spacial score (nSPS) is 20.5. The first-order valence-electron chi connectivity index (χ1n) is 10.3. The van der Waals surface area contributed by atoms with Crippen LogP contribution >= 0.6 is 0 Å². The molecule has 2 aliphatic rings. The summed E-state index contributed by atoms with van der Waals surface area (Å²) in [6.45, 7) is 3.91. The number of hydrogen-bond donors (Lipinski definition) is 2. The van der Waals surface area contributed by atoms with Crippen molar-refractivity contribution in [1.82, 2.24) is 0 Å². The molecule has 1 aliphatic carbocycles. The Bertz CT molecular complexity index is 1370. The van der Waals surface area contributed by atoms with Crippen LogP contribution in [0.25, 0.3) is 0 Å². The number of primary sulfonamides is 1. The van der Waals surface area contributed by atoms with Crippen LogP contribution in [0.15, 0.2) is 76.1 Å². The molecular formula is C24H23FN4O3S. The fourth-order valence-electron chi connectivity index (χ4n) is 4.61. The van der Waals surface area contributed by atoms with Crippen LogP contribution < -0.4 is 15.8 Å². The zero-order valence-electron chi connectivity index (χ0n) is 18.2. The molecule has 0 spiro atoms.